The smallest absolute Gasteiger partial charge is 0.254 e. The molecule has 6 heteroatoms. The van der Waals surface area contributed by atoms with E-state index in [1.807, 2.05) is 0 Å². The van der Waals surface area contributed by atoms with Crippen molar-refractivity contribution in [2.75, 3.05) is 19.1 Å². The summed E-state index contributed by atoms with van der Waals surface area (Å²) in [5, 5.41) is 11.9. The monoisotopic (exact) mass is 287 g/mol. The van der Waals surface area contributed by atoms with E-state index in [9.17, 15) is 9.18 Å². The van der Waals surface area contributed by atoms with Crippen molar-refractivity contribution >= 4 is 17.5 Å². The van der Waals surface area contributed by atoms with Gasteiger partial charge in [-0.3, -0.25) is 4.79 Å². The van der Waals surface area contributed by atoms with Crippen LogP contribution in [0.25, 0.3) is 0 Å². The van der Waals surface area contributed by atoms with Crippen LogP contribution in [0.2, 0.25) is 0 Å². The molecule has 0 atom stereocenters. The number of benzene rings is 1. The standard InChI is InChI=1S/C13H15ClFNO3/c14-8-13(3-5-19-6-4-13)16-12(18)10-2-1-9(17)7-11(10)15/h1-2,7,17H,3-6,8H2,(H,16,18). The maximum Gasteiger partial charge on any atom is 0.254 e. The first-order valence-corrected chi connectivity index (χ1v) is 6.54. The van der Waals surface area contributed by atoms with Gasteiger partial charge in [0, 0.05) is 25.2 Å². The molecule has 4 nitrogen and oxygen atoms in total. The zero-order valence-corrected chi connectivity index (χ0v) is 11.0. The fourth-order valence-electron chi connectivity index (χ4n) is 2.05. The van der Waals surface area contributed by atoms with Crippen molar-refractivity contribution in [1.29, 1.82) is 0 Å². The minimum Gasteiger partial charge on any atom is -0.508 e. The van der Waals surface area contributed by atoms with E-state index in [1.54, 1.807) is 0 Å². The van der Waals surface area contributed by atoms with E-state index in [0.29, 0.717) is 26.1 Å². The summed E-state index contributed by atoms with van der Waals surface area (Å²) in [7, 11) is 0. The van der Waals surface area contributed by atoms with E-state index >= 15 is 0 Å². The fourth-order valence-corrected chi connectivity index (χ4v) is 2.38. The Morgan fingerprint density at radius 3 is 2.74 bits per heavy atom. The fraction of sp³-hybridized carbons (Fsp3) is 0.462. The first kappa shape index (κ1) is 14.1. The van der Waals surface area contributed by atoms with Crippen molar-refractivity contribution in [1.82, 2.24) is 5.32 Å². The first-order chi connectivity index (χ1) is 9.06. The molecular formula is C13H15ClFNO3. The Kier molecular flexibility index (Phi) is 4.27. The Bertz CT molecular complexity index is 475. The van der Waals surface area contributed by atoms with E-state index in [4.69, 9.17) is 21.4 Å². The van der Waals surface area contributed by atoms with E-state index in [1.165, 1.54) is 12.1 Å². The number of carbonyl (C=O) groups is 1. The second-order valence-corrected chi connectivity index (χ2v) is 4.91. The van der Waals surface area contributed by atoms with Crippen LogP contribution in [0.5, 0.6) is 5.75 Å². The second kappa shape index (κ2) is 5.75. The summed E-state index contributed by atoms with van der Waals surface area (Å²) in [5.41, 5.74) is -0.657. The third-order valence-electron chi connectivity index (χ3n) is 3.28. The van der Waals surface area contributed by atoms with Gasteiger partial charge in [0.2, 0.25) is 0 Å². The summed E-state index contributed by atoms with van der Waals surface area (Å²) in [5.74, 6) is -1.25. The molecule has 0 unspecified atom stereocenters. The topological polar surface area (TPSA) is 58.6 Å². The van der Waals surface area contributed by atoms with E-state index < -0.39 is 17.3 Å². The molecule has 1 heterocycles. The molecule has 0 saturated carbocycles. The van der Waals surface area contributed by atoms with Crippen LogP contribution in [0.3, 0.4) is 0 Å². The molecule has 2 rings (SSSR count). The highest BCUT2D eigenvalue weighted by atomic mass is 35.5. The maximum atomic E-state index is 13.6. The number of halogens is 2. The number of ether oxygens (including phenoxy) is 1. The van der Waals surface area contributed by atoms with Gasteiger partial charge >= 0.3 is 0 Å². The zero-order valence-electron chi connectivity index (χ0n) is 10.3. The van der Waals surface area contributed by atoms with Crippen LogP contribution < -0.4 is 5.32 Å². The number of nitrogens with one attached hydrogen (secondary N) is 1. The third kappa shape index (κ3) is 3.16. The molecule has 2 N–H and O–H groups in total. The van der Waals surface area contributed by atoms with E-state index in [-0.39, 0.29) is 17.2 Å². The molecule has 0 aromatic heterocycles. The lowest BCUT2D eigenvalue weighted by atomic mass is 9.91. The summed E-state index contributed by atoms with van der Waals surface area (Å²) in [6, 6.07) is 3.43. The van der Waals surface area contributed by atoms with Crippen molar-refractivity contribution < 1.29 is 19.0 Å². The van der Waals surface area contributed by atoms with Crippen molar-refractivity contribution in [3.63, 3.8) is 0 Å². The Hall–Kier alpha value is -1.33. The molecule has 19 heavy (non-hydrogen) atoms. The summed E-state index contributed by atoms with van der Waals surface area (Å²) in [4.78, 5) is 12.1. The summed E-state index contributed by atoms with van der Waals surface area (Å²) >= 11 is 5.93. The summed E-state index contributed by atoms with van der Waals surface area (Å²) in [6.07, 6.45) is 1.20. The largest absolute Gasteiger partial charge is 0.508 e. The van der Waals surface area contributed by atoms with Gasteiger partial charge in [0.05, 0.1) is 11.1 Å². The molecule has 1 aromatic rings. The Balaban J connectivity index is 2.15. The van der Waals surface area contributed by atoms with Gasteiger partial charge in [-0.05, 0) is 25.0 Å². The van der Waals surface area contributed by atoms with Gasteiger partial charge in [0.15, 0.2) is 0 Å². The highest BCUT2D eigenvalue weighted by Gasteiger charge is 2.34. The average molecular weight is 288 g/mol. The van der Waals surface area contributed by atoms with Crippen LogP contribution in [0.15, 0.2) is 18.2 Å². The van der Waals surface area contributed by atoms with Gasteiger partial charge in [-0.15, -0.1) is 11.6 Å². The minimum atomic E-state index is -0.755. The maximum absolute atomic E-state index is 13.6. The van der Waals surface area contributed by atoms with Crippen molar-refractivity contribution in [2.45, 2.75) is 18.4 Å². The third-order valence-corrected chi connectivity index (χ3v) is 3.79. The van der Waals surface area contributed by atoms with Crippen LogP contribution in [0.1, 0.15) is 23.2 Å². The molecule has 0 aliphatic carbocycles. The average Bonchev–Trinajstić information content (AvgIpc) is 2.39. The number of phenolic OH excluding ortho intramolecular Hbond substituents is 1. The Morgan fingerprint density at radius 2 is 2.16 bits per heavy atom. The molecule has 1 fully saturated rings. The van der Waals surface area contributed by atoms with Gasteiger partial charge in [-0.1, -0.05) is 0 Å². The van der Waals surface area contributed by atoms with Crippen LogP contribution in [0, 0.1) is 5.82 Å². The lowest BCUT2D eigenvalue weighted by Crippen LogP contribution is -2.53. The van der Waals surface area contributed by atoms with E-state index in [0.717, 1.165) is 6.07 Å². The normalized spacial score (nSPS) is 18.0. The quantitative estimate of drug-likeness (QED) is 0.837. The summed E-state index contributed by atoms with van der Waals surface area (Å²) < 4.78 is 18.8. The number of hydrogen-bond acceptors (Lipinski definition) is 3. The zero-order chi connectivity index (χ0) is 13.9. The molecule has 1 aromatic carbocycles. The molecular weight excluding hydrogens is 273 g/mol. The molecule has 1 aliphatic heterocycles. The van der Waals surface area contributed by atoms with Crippen LogP contribution in [-0.2, 0) is 4.74 Å². The van der Waals surface area contributed by atoms with Gasteiger partial charge < -0.3 is 15.2 Å². The Morgan fingerprint density at radius 1 is 1.47 bits per heavy atom. The first-order valence-electron chi connectivity index (χ1n) is 6.01. The van der Waals surface area contributed by atoms with Gasteiger partial charge in [-0.2, -0.15) is 0 Å². The molecule has 1 saturated heterocycles. The molecule has 1 aliphatic rings. The molecule has 104 valence electrons. The molecule has 0 radical (unpaired) electrons. The number of rotatable bonds is 3. The van der Waals surface area contributed by atoms with E-state index in [2.05, 4.69) is 5.32 Å². The number of amides is 1. The predicted octanol–water partition coefficient (Wildman–Crippen LogP) is 2.05. The van der Waals surface area contributed by atoms with Crippen molar-refractivity contribution in [3.8, 4) is 5.75 Å². The predicted molar refractivity (Wildman–Crippen MR) is 69.0 cm³/mol. The summed E-state index contributed by atoms with van der Waals surface area (Å²) in [6.45, 7) is 1.04. The minimum absolute atomic E-state index is 0.103. The number of carbonyl (C=O) groups excluding carboxylic acids is 1. The number of phenols is 1. The molecule has 1 amide bonds. The SMILES string of the molecule is O=C(NC1(CCl)CCOCC1)c1ccc(O)cc1F. The van der Waals surface area contributed by atoms with Gasteiger partial charge in [-0.25, -0.2) is 4.39 Å². The molecule has 0 bridgehead atoms. The highest BCUT2D eigenvalue weighted by molar-refractivity contribution is 6.19. The van der Waals surface area contributed by atoms with Gasteiger partial charge in [0.25, 0.3) is 5.91 Å². The lowest BCUT2D eigenvalue weighted by molar-refractivity contribution is 0.0432. The highest BCUT2D eigenvalue weighted by Crippen LogP contribution is 2.23. The number of hydrogen-bond donors (Lipinski definition) is 2. The number of alkyl halides is 1. The number of aromatic hydroxyl groups is 1. The second-order valence-electron chi connectivity index (χ2n) is 4.64. The van der Waals surface area contributed by atoms with Crippen LogP contribution in [-0.4, -0.2) is 35.6 Å². The van der Waals surface area contributed by atoms with Gasteiger partial charge in [0.1, 0.15) is 11.6 Å². The van der Waals surface area contributed by atoms with Crippen molar-refractivity contribution in [3.05, 3.63) is 29.6 Å². The Labute approximate surface area is 115 Å². The molecule has 0 spiro atoms. The van der Waals surface area contributed by atoms with Crippen molar-refractivity contribution in [2.24, 2.45) is 0 Å². The van der Waals surface area contributed by atoms with Crippen LogP contribution in [0.4, 0.5) is 4.39 Å². The van der Waals surface area contributed by atoms with Crippen LogP contribution >= 0.6 is 11.6 Å². The lowest BCUT2D eigenvalue weighted by Gasteiger charge is -2.36.